The Bertz CT molecular complexity index is 894. The molecule has 0 spiro atoms. The molecule has 1 saturated heterocycles. The van der Waals surface area contributed by atoms with E-state index < -0.39 is 5.69 Å². The highest BCUT2D eigenvalue weighted by Crippen LogP contribution is 2.10. The molecule has 7 nitrogen and oxygen atoms in total. The molecule has 0 aliphatic carbocycles. The lowest BCUT2D eigenvalue weighted by Crippen LogP contribution is -2.37. The monoisotopic (exact) mass is 358 g/mol. The number of benzene rings is 1. The van der Waals surface area contributed by atoms with E-state index in [1.54, 1.807) is 18.2 Å². The second kappa shape index (κ2) is 8.31. The van der Waals surface area contributed by atoms with Gasteiger partial charge in [0, 0.05) is 25.2 Å². The van der Waals surface area contributed by atoms with Crippen molar-refractivity contribution in [1.29, 1.82) is 0 Å². The third kappa shape index (κ3) is 4.04. The Kier molecular flexibility index (Phi) is 5.88. The highest BCUT2D eigenvalue weighted by Gasteiger charge is 2.13. The second-order valence-corrected chi connectivity index (χ2v) is 6.81. The molecule has 2 heterocycles. The van der Waals surface area contributed by atoms with Crippen molar-refractivity contribution in [2.75, 3.05) is 26.2 Å². The molecule has 2 aromatic rings. The first-order valence-electron chi connectivity index (χ1n) is 9.37. The summed E-state index contributed by atoms with van der Waals surface area (Å²) in [6.45, 7) is 5.91. The number of hydrogen-bond acceptors (Lipinski definition) is 4. The van der Waals surface area contributed by atoms with Gasteiger partial charge in [-0.3, -0.25) is 14.2 Å². The highest BCUT2D eigenvalue weighted by atomic mass is 16.2. The number of hydrogen-bond donors (Lipinski definition) is 2. The normalized spacial score (nSPS) is 15.3. The molecular formula is C19H26N4O3. The molecule has 26 heavy (non-hydrogen) atoms. The fraction of sp³-hybridized carbons (Fsp3) is 0.526. The number of carbonyl (C=O) groups is 1. The minimum Gasteiger partial charge on any atom is -0.351 e. The van der Waals surface area contributed by atoms with Crippen LogP contribution in [0.2, 0.25) is 0 Å². The van der Waals surface area contributed by atoms with Gasteiger partial charge in [0.1, 0.15) is 0 Å². The van der Waals surface area contributed by atoms with E-state index in [1.807, 2.05) is 6.92 Å². The van der Waals surface area contributed by atoms with Gasteiger partial charge in [-0.15, -0.1) is 0 Å². The average Bonchev–Trinajstić information content (AvgIpc) is 2.65. The molecule has 2 N–H and O–H groups in total. The van der Waals surface area contributed by atoms with Gasteiger partial charge in [-0.25, -0.2) is 4.79 Å². The molecule has 1 aliphatic heterocycles. The van der Waals surface area contributed by atoms with E-state index in [1.165, 1.54) is 23.8 Å². The van der Waals surface area contributed by atoms with Crippen molar-refractivity contribution in [1.82, 2.24) is 19.8 Å². The van der Waals surface area contributed by atoms with Gasteiger partial charge in [0.15, 0.2) is 0 Å². The quantitative estimate of drug-likeness (QED) is 0.815. The van der Waals surface area contributed by atoms with Crippen LogP contribution in [0.3, 0.4) is 0 Å². The molecule has 0 unspecified atom stereocenters. The number of piperidine rings is 1. The maximum atomic E-state index is 12.4. The lowest BCUT2D eigenvalue weighted by molar-refractivity contribution is 0.0946. The number of nitrogens with zero attached hydrogens (tertiary/aromatic N) is 2. The van der Waals surface area contributed by atoms with E-state index in [0.29, 0.717) is 36.0 Å². The third-order valence-electron chi connectivity index (χ3n) is 4.85. The number of amides is 1. The fourth-order valence-corrected chi connectivity index (χ4v) is 3.44. The number of carbonyl (C=O) groups excluding carboxylic acids is 1. The largest absolute Gasteiger partial charge is 0.351 e. The van der Waals surface area contributed by atoms with Crippen molar-refractivity contribution >= 4 is 16.8 Å². The third-order valence-corrected chi connectivity index (χ3v) is 4.85. The molecule has 7 heteroatoms. The van der Waals surface area contributed by atoms with Crippen LogP contribution in [0.4, 0.5) is 0 Å². The van der Waals surface area contributed by atoms with Crippen molar-refractivity contribution < 1.29 is 4.79 Å². The van der Waals surface area contributed by atoms with Crippen LogP contribution < -0.4 is 16.6 Å². The van der Waals surface area contributed by atoms with Crippen molar-refractivity contribution in [3.8, 4) is 0 Å². The van der Waals surface area contributed by atoms with Gasteiger partial charge in [-0.05, 0) is 50.6 Å². The van der Waals surface area contributed by atoms with Crippen molar-refractivity contribution in [3.63, 3.8) is 0 Å². The van der Waals surface area contributed by atoms with E-state index in [-0.39, 0.29) is 11.5 Å². The molecule has 1 aliphatic rings. The molecule has 140 valence electrons. The smallest absolute Gasteiger partial charge is 0.328 e. The Morgan fingerprint density at radius 1 is 1.15 bits per heavy atom. The summed E-state index contributed by atoms with van der Waals surface area (Å²) in [5, 5.41) is 3.34. The summed E-state index contributed by atoms with van der Waals surface area (Å²) >= 11 is 0. The summed E-state index contributed by atoms with van der Waals surface area (Å²) in [6.07, 6.45) is 4.44. The Balaban J connectivity index is 1.71. The highest BCUT2D eigenvalue weighted by molar-refractivity contribution is 5.97. The Morgan fingerprint density at radius 2 is 1.92 bits per heavy atom. The first-order chi connectivity index (χ1) is 12.6. The SMILES string of the molecule is CCCn1c(=O)[nH]c2cc(C(=O)NCCN3CCCCC3)ccc2c1=O. The van der Waals surface area contributed by atoms with Gasteiger partial charge >= 0.3 is 5.69 Å². The van der Waals surface area contributed by atoms with Gasteiger partial charge in [-0.1, -0.05) is 13.3 Å². The summed E-state index contributed by atoms with van der Waals surface area (Å²) < 4.78 is 1.20. The molecule has 1 aromatic heterocycles. The number of rotatable bonds is 6. The van der Waals surface area contributed by atoms with Crippen molar-refractivity contribution in [2.24, 2.45) is 0 Å². The Morgan fingerprint density at radius 3 is 2.65 bits per heavy atom. The van der Waals surface area contributed by atoms with Crippen molar-refractivity contribution in [3.05, 3.63) is 44.6 Å². The van der Waals surface area contributed by atoms with E-state index in [0.717, 1.165) is 19.6 Å². The summed E-state index contributed by atoms with van der Waals surface area (Å²) in [4.78, 5) is 41.9. The van der Waals surface area contributed by atoms with Crippen LogP contribution in [0.15, 0.2) is 27.8 Å². The zero-order valence-corrected chi connectivity index (χ0v) is 15.2. The number of aromatic amines is 1. The second-order valence-electron chi connectivity index (χ2n) is 6.81. The first kappa shape index (κ1) is 18.4. The number of nitrogens with one attached hydrogen (secondary N) is 2. The van der Waals surface area contributed by atoms with Crippen LogP contribution in [0, 0.1) is 0 Å². The predicted octanol–water partition coefficient (Wildman–Crippen LogP) is 1.32. The van der Waals surface area contributed by atoms with E-state index in [4.69, 9.17) is 0 Å². The number of aromatic nitrogens is 2. The Hall–Kier alpha value is -2.41. The molecular weight excluding hydrogens is 332 g/mol. The molecule has 3 rings (SSSR count). The average molecular weight is 358 g/mol. The Labute approximate surface area is 152 Å². The molecule has 0 radical (unpaired) electrons. The zero-order chi connectivity index (χ0) is 18.5. The van der Waals surface area contributed by atoms with Crippen LogP contribution in [0.5, 0.6) is 0 Å². The number of fused-ring (bicyclic) bond motifs is 1. The predicted molar refractivity (Wildman–Crippen MR) is 102 cm³/mol. The van der Waals surface area contributed by atoms with E-state index >= 15 is 0 Å². The van der Waals surface area contributed by atoms with Crippen molar-refractivity contribution in [2.45, 2.75) is 39.2 Å². The fourth-order valence-electron chi connectivity index (χ4n) is 3.44. The molecule has 1 aromatic carbocycles. The maximum Gasteiger partial charge on any atom is 0.328 e. The van der Waals surface area contributed by atoms with Gasteiger partial charge in [-0.2, -0.15) is 0 Å². The molecule has 0 atom stereocenters. The minimum atomic E-state index is -0.438. The van der Waals surface area contributed by atoms with Gasteiger partial charge in [0.25, 0.3) is 11.5 Å². The van der Waals surface area contributed by atoms with Gasteiger partial charge in [0.05, 0.1) is 10.9 Å². The molecule has 0 saturated carbocycles. The molecule has 1 amide bonds. The summed E-state index contributed by atoms with van der Waals surface area (Å²) in [7, 11) is 0. The lowest BCUT2D eigenvalue weighted by atomic mass is 10.1. The van der Waals surface area contributed by atoms with Crippen LogP contribution >= 0.6 is 0 Å². The first-order valence-corrected chi connectivity index (χ1v) is 9.37. The van der Waals surface area contributed by atoms with E-state index in [9.17, 15) is 14.4 Å². The molecule has 1 fully saturated rings. The summed E-state index contributed by atoms with van der Waals surface area (Å²) in [5.41, 5.74) is 0.0881. The zero-order valence-electron chi connectivity index (χ0n) is 15.2. The summed E-state index contributed by atoms with van der Waals surface area (Å²) in [5.74, 6) is -0.192. The number of H-pyrrole nitrogens is 1. The summed E-state index contributed by atoms with van der Waals surface area (Å²) in [6, 6.07) is 4.82. The number of likely N-dealkylation sites (tertiary alicyclic amines) is 1. The maximum absolute atomic E-state index is 12.4. The van der Waals surface area contributed by atoms with Crippen LogP contribution in [0.25, 0.3) is 10.9 Å². The minimum absolute atomic E-state index is 0.192. The van der Waals surface area contributed by atoms with Gasteiger partial charge in [0.2, 0.25) is 0 Å². The standard InChI is InChI=1S/C19H26N4O3/c1-2-9-23-18(25)15-7-6-14(13-16(15)21-19(23)26)17(24)20-8-12-22-10-4-3-5-11-22/h6-7,13H,2-5,8-12H2,1H3,(H,20,24)(H,21,26). The topological polar surface area (TPSA) is 87.2 Å². The van der Waals surface area contributed by atoms with Crippen LogP contribution in [-0.2, 0) is 6.54 Å². The van der Waals surface area contributed by atoms with Gasteiger partial charge < -0.3 is 15.2 Å². The van der Waals surface area contributed by atoms with Crippen LogP contribution in [0.1, 0.15) is 43.0 Å². The molecule has 0 bridgehead atoms. The lowest BCUT2D eigenvalue weighted by Gasteiger charge is -2.26. The van der Waals surface area contributed by atoms with Crippen LogP contribution in [-0.4, -0.2) is 46.5 Å². The van der Waals surface area contributed by atoms with E-state index in [2.05, 4.69) is 15.2 Å².